The van der Waals surface area contributed by atoms with Crippen molar-refractivity contribution >= 4 is 19.7 Å². The Labute approximate surface area is 100 Å². The molecule has 0 saturated carbocycles. The fourth-order valence-electron chi connectivity index (χ4n) is 2.28. The first-order chi connectivity index (χ1) is 7.83. The van der Waals surface area contributed by atoms with Gasteiger partial charge in [-0.2, -0.15) is 0 Å². The van der Waals surface area contributed by atoms with Gasteiger partial charge in [0, 0.05) is 0 Å². The van der Waals surface area contributed by atoms with E-state index in [1.807, 2.05) is 0 Å². The summed E-state index contributed by atoms with van der Waals surface area (Å²) in [6, 6.07) is 8.80. The molecule has 1 aliphatic rings. The fraction of sp³-hybridized carbons (Fsp3) is 0.467. The van der Waals surface area contributed by atoms with Crippen molar-refractivity contribution in [2.75, 3.05) is 0 Å². The van der Waals surface area contributed by atoms with Crippen LogP contribution in [0.25, 0.3) is 11.1 Å². The molecule has 1 aromatic rings. The highest BCUT2D eigenvalue weighted by molar-refractivity contribution is 7.58. The van der Waals surface area contributed by atoms with E-state index in [-0.39, 0.29) is 0 Å². The first-order valence-electron chi connectivity index (χ1n) is 6.33. The van der Waals surface area contributed by atoms with Gasteiger partial charge < -0.3 is 0 Å². The van der Waals surface area contributed by atoms with E-state index in [0.29, 0.717) is 0 Å². The van der Waals surface area contributed by atoms with Crippen molar-refractivity contribution in [1.29, 1.82) is 0 Å². The highest BCUT2D eigenvalue weighted by Gasteiger charge is 2.12. The van der Waals surface area contributed by atoms with Gasteiger partial charge in [0.05, 0.1) is 0 Å². The third kappa shape index (κ3) is 2.55. The molecule has 1 radical (unpaired) electrons. The van der Waals surface area contributed by atoms with Crippen LogP contribution in [-0.2, 0) is 0 Å². The van der Waals surface area contributed by atoms with Gasteiger partial charge in [-0.25, -0.2) is 0 Å². The van der Waals surface area contributed by atoms with Crippen LogP contribution in [0.5, 0.6) is 0 Å². The Morgan fingerprint density at radius 1 is 1.19 bits per heavy atom. The zero-order chi connectivity index (χ0) is 11.4. The number of rotatable bonds is 5. The summed E-state index contributed by atoms with van der Waals surface area (Å²) >= 11 is 0. The molecule has 0 N–H and O–H groups in total. The molecule has 2 rings (SSSR count). The molecule has 0 saturated heterocycles. The number of hydrogen-bond acceptors (Lipinski definition) is 0. The summed E-state index contributed by atoms with van der Waals surface area (Å²) in [7, 11) is 1.43. The number of fused-ring (bicyclic) bond motifs is 1. The van der Waals surface area contributed by atoms with Crippen molar-refractivity contribution in [3.05, 3.63) is 34.7 Å². The smallest absolute Gasteiger partial charge is 0.0137 e. The molecule has 0 amide bonds. The van der Waals surface area contributed by atoms with Gasteiger partial charge in [0.2, 0.25) is 0 Å². The average Bonchev–Trinajstić information content (AvgIpc) is 2.73. The molecular formula is C15H20P. The monoisotopic (exact) mass is 231 g/mol. The average molecular weight is 231 g/mol. The van der Waals surface area contributed by atoms with E-state index in [2.05, 4.69) is 43.9 Å². The summed E-state index contributed by atoms with van der Waals surface area (Å²) in [5, 5.41) is 4.56. The van der Waals surface area contributed by atoms with E-state index in [1.54, 1.807) is 5.31 Å². The molecule has 0 nitrogen and oxygen atoms in total. The molecule has 85 valence electrons. The van der Waals surface area contributed by atoms with Crippen LogP contribution in [0.15, 0.2) is 24.3 Å². The van der Waals surface area contributed by atoms with E-state index in [1.165, 1.54) is 44.7 Å². The van der Waals surface area contributed by atoms with Gasteiger partial charge in [-0.3, -0.25) is 0 Å². The van der Waals surface area contributed by atoms with Crippen LogP contribution in [-0.4, -0.2) is 0 Å². The molecule has 0 fully saturated rings. The molecule has 1 heteroatoms. The summed E-state index contributed by atoms with van der Waals surface area (Å²) in [5.41, 5.74) is 0. The fourth-order valence-corrected chi connectivity index (χ4v) is 3.51. The van der Waals surface area contributed by atoms with E-state index in [0.717, 1.165) is 5.92 Å². The second kappa shape index (κ2) is 5.64. The van der Waals surface area contributed by atoms with Crippen molar-refractivity contribution in [3.63, 3.8) is 0 Å². The predicted octanol–water partition coefficient (Wildman–Crippen LogP) is 3.71. The Balaban J connectivity index is 2.15. The highest BCUT2D eigenvalue weighted by atomic mass is 31.1. The summed E-state index contributed by atoms with van der Waals surface area (Å²) < 4.78 is 0. The molecule has 1 aromatic carbocycles. The quantitative estimate of drug-likeness (QED) is 0.535. The first-order valence-corrected chi connectivity index (χ1v) is 7.29. The van der Waals surface area contributed by atoms with Gasteiger partial charge in [0.25, 0.3) is 0 Å². The van der Waals surface area contributed by atoms with Crippen LogP contribution in [0.1, 0.15) is 39.5 Å². The van der Waals surface area contributed by atoms with E-state index >= 15 is 0 Å². The number of hydrogen-bond donors (Lipinski definition) is 0. The van der Waals surface area contributed by atoms with Gasteiger partial charge in [-0.05, 0) is 42.5 Å². The van der Waals surface area contributed by atoms with Crippen molar-refractivity contribution < 1.29 is 0 Å². The minimum Gasteiger partial charge on any atom is -0.0654 e. The molecule has 0 aromatic heterocycles. The van der Waals surface area contributed by atoms with Crippen LogP contribution >= 0.6 is 8.58 Å². The lowest BCUT2D eigenvalue weighted by atomic mass is 10.0. The third-order valence-corrected chi connectivity index (χ3v) is 4.65. The topological polar surface area (TPSA) is 0 Å². The van der Waals surface area contributed by atoms with Gasteiger partial charge in [0.1, 0.15) is 0 Å². The van der Waals surface area contributed by atoms with Gasteiger partial charge in [-0.15, -0.1) is 0 Å². The third-order valence-electron chi connectivity index (χ3n) is 3.29. The Kier molecular flexibility index (Phi) is 4.18. The van der Waals surface area contributed by atoms with Crippen molar-refractivity contribution in [2.45, 2.75) is 39.5 Å². The molecule has 0 aliphatic carbocycles. The largest absolute Gasteiger partial charge is 0.0654 e. The summed E-state index contributed by atoms with van der Waals surface area (Å²) in [4.78, 5) is 0. The van der Waals surface area contributed by atoms with Crippen LogP contribution in [0.3, 0.4) is 0 Å². The zero-order valence-corrected chi connectivity index (χ0v) is 11.1. The molecule has 1 atom stereocenters. The lowest BCUT2D eigenvalue weighted by molar-refractivity contribution is 0.591. The molecule has 16 heavy (non-hydrogen) atoms. The normalized spacial score (nSPS) is 17.2. The lowest BCUT2D eigenvalue weighted by Crippen LogP contribution is -2.23. The molecule has 1 aliphatic heterocycles. The second-order valence-corrected chi connectivity index (χ2v) is 5.63. The standard InChI is InChI=1S/C15H20P/c1-3-4-5-8-12(2)15-14-10-7-6-9-13(14)11-16-15/h6-7,9-12H,3-5,8H2,1-2H3. The SMILES string of the molecule is CCCCCC(C)C1=c2ccccc2=C[P]1. The number of benzene rings is 1. The Bertz CT molecular complexity index is 459. The van der Waals surface area contributed by atoms with E-state index in [9.17, 15) is 0 Å². The van der Waals surface area contributed by atoms with E-state index in [4.69, 9.17) is 0 Å². The van der Waals surface area contributed by atoms with E-state index < -0.39 is 0 Å². The lowest BCUT2D eigenvalue weighted by Gasteiger charge is -2.12. The molecule has 1 unspecified atom stereocenters. The molecule has 0 bridgehead atoms. The zero-order valence-electron chi connectivity index (χ0n) is 10.2. The first kappa shape index (κ1) is 11.9. The van der Waals surface area contributed by atoms with Crippen LogP contribution < -0.4 is 10.4 Å². The van der Waals surface area contributed by atoms with Crippen LogP contribution in [0.4, 0.5) is 0 Å². The summed E-state index contributed by atoms with van der Waals surface area (Å²) in [6.45, 7) is 4.66. The van der Waals surface area contributed by atoms with Crippen LogP contribution in [0, 0.1) is 5.92 Å². The predicted molar refractivity (Wildman–Crippen MR) is 73.8 cm³/mol. The summed E-state index contributed by atoms with van der Waals surface area (Å²) in [6.07, 6.45) is 5.42. The Hall–Kier alpha value is -0.610. The Morgan fingerprint density at radius 3 is 2.81 bits per heavy atom. The van der Waals surface area contributed by atoms with Crippen LogP contribution in [0.2, 0.25) is 0 Å². The summed E-state index contributed by atoms with van der Waals surface area (Å²) in [5.74, 6) is 3.09. The second-order valence-electron chi connectivity index (χ2n) is 4.63. The van der Waals surface area contributed by atoms with Gasteiger partial charge >= 0.3 is 0 Å². The molecule has 0 spiro atoms. The molecule has 1 heterocycles. The van der Waals surface area contributed by atoms with Crippen molar-refractivity contribution in [1.82, 2.24) is 0 Å². The number of unbranched alkanes of at least 4 members (excludes halogenated alkanes) is 2. The minimum atomic E-state index is 0.744. The maximum absolute atomic E-state index is 2.38. The van der Waals surface area contributed by atoms with Crippen molar-refractivity contribution in [3.8, 4) is 0 Å². The maximum atomic E-state index is 2.38. The molecular weight excluding hydrogens is 211 g/mol. The maximum Gasteiger partial charge on any atom is -0.0137 e. The Morgan fingerprint density at radius 2 is 2.00 bits per heavy atom. The van der Waals surface area contributed by atoms with Gasteiger partial charge in [-0.1, -0.05) is 57.4 Å². The van der Waals surface area contributed by atoms with Crippen molar-refractivity contribution in [2.24, 2.45) is 5.92 Å². The van der Waals surface area contributed by atoms with Gasteiger partial charge in [0.15, 0.2) is 0 Å². The minimum absolute atomic E-state index is 0.744. The highest BCUT2D eigenvalue weighted by Crippen LogP contribution is 2.36.